The molecular formula is C9H19NO7S. The largest absolute Gasteiger partial charge is 0.480 e. The number of aliphatic hydroxyl groups excluding tert-OH is 5. The predicted molar refractivity (Wildman–Crippen MR) is 64.4 cm³/mol. The topological polar surface area (TPSA) is 150 Å². The van der Waals surface area contributed by atoms with Crippen LogP contribution in [-0.4, -0.2) is 86.0 Å². The molecule has 0 saturated heterocycles. The van der Waals surface area contributed by atoms with E-state index in [0.29, 0.717) is 0 Å². The second-order valence-electron chi connectivity index (χ2n) is 3.78. The molecule has 0 saturated carbocycles. The van der Waals surface area contributed by atoms with E-state index in [1.54, 1.807) is 0 Å². The summed E-state index contributed by atoms with van der Waals surface area (Å²) in [4.78, 5) is 10.6. The molecule has 0 bridgehead atoms. The van der Waals surface area contributed by atoms with Crippen LogP contribution in [0.1, 0.15) is 0 Å². The molecule has 0 aromatic carbocycles. The Morgan fingerprint density at radius 2 is 1.61 bits per heavy atom. The molecule has 108 valence electrons. The van der Waals surface area contributed by atoms with Crippen LogP contribution < -0.4 is 5.32 Å². The lowest BCUT2D eigenvalue weighted by molar-refractivity contribution is -0.139. The van der Waals surface area contributed by atoms with Crippen molar-refractivity contribution in [2.24, 2.45) is 0 Å². The summed E-state index contributed by atoms with van der Waals surface area (Å²) in [5.41, 5.74) is 0. The van der Waals surface area contributed by atoms with Gasteiger partial charge in [0.2, 0.25) is 0 Å². The minimum Gasteiger partial charge on any atom is -0.480 e. The van der Waals surface area contributed by atoms with Crippen molar-refractivity contribution in [3.63, 3.8) is 0 Å². The number of hydrogen-bond donors (Lipinski definition) is 8. The number of carboxylic acids is 1. The number of carboxylic acid groups (broad SMARTS) is 1. The van der Waals surface area contributed by atoms with Gasteiger partial charge >= 0.3 is 5.97 Å². The number of rotatable bonds is 9. The highest BCUT2D eigenvalue weighted by Gasteiger charge is 2.30. The molecule has 0 amide bonds. The Kier molecular flexibility index (Phi) is 8.44. The molecule has 7 N–H and O–H groups in total. The average molecular weight is 285 g/mol. The van der Waals surface area contributed by atoms with Crippen LogP contribution in [0, 0.1) is 0 Å². The predicted octanol–water partition coefficient (Wildman–Crippen LogP) is -3.61. The Bertz CT molecular complexity index is 255. The van der Waals surface area contributed by atoms with E-state index in [9.17, 15) is 20.1 Å². The third kappa shape index (κ3) is 5.48. The van der Waals surface area contributed by atoms with Crippen LogP contribution in [0.15, 0.2) is 0 Å². The fourth-order valence-electron chi connectivity index (χ4n) is 1.18. The Labute approximate surface area is 109 Å². The molecule has 4 unspecified atom stereocenters. The second-order valence-corrected chi connectivity index (χ2v) is 4.15. The van der Waals surface area contributed by atoms with Crippen molar-refractivity contribution < 1.29 is 35.4 Å². The molecule has 18 heavy (non-hydrogen) atoms. The van der Waals surface area contributed by atoms with Crippen LogP contribution in [0.25, 0.3) is 0 Å². The van der Waals surface area contributed by atoms with Crippen molar-refractivity contribution in [2.75, 3.05) is 18.9 Å². The lowest BCUT2D eigenvalue weighted by Gasteiger charge is -2.26. The van der Waals surface area contributed by atoms with Gasteiger partial charge in [-0.1, -0.05) is 0 Å². The number of nitrogens with one attached hydrogen (secondary N) is 1. The zero-order chi connectivity index (χ0) is 14.3. The number of aliphatic carboxylic acids is 1. The van der Waals surface area contributed by atoms with Gasteiger partial charge in [-0.2, -0.15) is 12.6 Å². The first kappa shape index (κ1) is 17.6. The van der Waals surface area contributed by atoms with Gasteiger partial charge in [0.05, 0.1) is 12.7 Å². The number of aliphatic hydroxyl groups is 5. The zero-order valence-corrected chi connectivity index (χ0v) is 10.4. The minimum absolute atomic E-state index is 0.0139. The lowest BCUT2D eigenvalue weighted by Crippen LogP contribution is -2.51. The highest BCUT2D eigenvalue weighted by atomic mass is 32.1. The normalized spacial score (nSPS) is 19.9. The van der Waals surface area contributed by atoms with Crippen LogP contribution in [-0.2, 0) is 4.79 Å². The average Bonchev–Trinajstić information content (AvgIpc) is 2.35. The summed E-state index contributed by atoms with van der Waals surface area (Å²) in [6.45, 7) is -1.08. The van der Waals surface area contributed by atoms with E-state index in [1.807, 2.05) is 0 Å². The lowest BCUT2D eigenvalue weighted by atomic mass is 10.0. The van der Waals surface area contributed by atoms with Crippen molar-refractivity contribution >= 4 is 18.6 Å². The van der Waals surface area contributed by atoms with Gasteiger partial charge in [-0.05, 0) is 0 Å². The Morgan fingerprint density at radius 3 is 2.00 bits per heavy atom. The van der Waals surface area contributed by atoms with Crippen molar-refractivity contribution in [3.8, 4) is 0 Å². The van der Waals surface area contributed by atoms with Gasteiger partial charge in [0.15, 0.2) is 0 Å². The molecule has 0 heterocycles. The van der Waals surface area contributed by atoms with Gasteiger partial charge in [0.25, 0.3) is 0 Å². The quantitative estimate of drug-likeness (QED) is 0.202. The third-order valence-electron chi connectivity index (χ3n) is 2.38. The summed E-state index contributed by atoms with van der Waals surface area (Å²) >= 11 is 3.79. The first-order chi connectivity index (χ1) is 8.34. The van der Waals surface area contributed by atoms with Gasteiger partial charge in [-0.3, -0.25) is 4.79 Å². The van der Waals surface area contributed by atoms with Crippen LogP contribution in [0.3, 0.4) is 0 Å². The molecule has 0 aromatic rings. The van der Waals surface area contributed by atoms with E-state index in [0.717, 1.165) is 0 Å². The fourth-order valence-corrected chi connectivity index (χ4v) is 1.46. The zero-order valence-electron chi connectivity index (χ0n) is 9.55. The van der Waals surface area contributed by atoms with Crippen molar-refractivity contribution in [1.29, 1.82) is 0 Å². The standard InChI is InChI=1S/C9H19NO7S/c11-2-6(13)8(15)7(14)5(12)1-10-4(3-18)9(16)17/h4-8,10-15,18H,1-3H2,(H,16,17)/t4-,5?,6?,7?,8?/m0/s1. The molecule has 0 aliphatic rings. The van der Waals surface area contributed by atoms with Crippen molar-refractivity contribution in [1.82, 2.24) is 5.32 Å². The fraction of sp³-hybridized carbons (Fsp3) is 0.889. The van der Waals surface area contributed by atoms with Crippen LogP contribution >= 0.6 is 12.6 Å². The molecule has 5 atom stereocenters. The monoisotopic (exact) mass is 285 g/mol. The smallest absolute Gasteiger partial charge is 0.321 e. The van der Waals surface area contributed by atoms with E-state index < -0.39 is 43.0 Å². The molecule has 0 aliphatic heterocycles. The highest BCUT2D eigenvalue weighted by Crippen LogP contribution is 2.05. The SMILES string of the molecule is O=C(O)[C@H](CS)NCC(O)C(O)C(O)C(O)CO. The summed E-state index contributed by atoms with van der Waals surface area (Å²) in [6, 6.07) is -1.00. The number of hydrogen-bond acceptors (Lipinski definition) is 8. The Balaban J connectivity index is 4.23. The van der Waals surface area contributed by atoms with E-state index >= 15 is 0 Å². The summed E-state index contributed by atoms with van der Waals surface area (Å²) < 4.78 is 0. The maximum Gasteiger partial charge on any atom is 0.321 e. The summed E-state index contributed by atoms with van der Waals surface area (Å²) in [6.07, 6.45) is -6.53. The van der Waals surface area contributed by atoms with Gasteiger partial charge in [-0.15, -0.1) is 0 Å². The highest BCUT2D eigenvalue weighted by molar-refractivity contribution is 7.80. The number of thiol groups is 1. The van der Waals surface area contributed by atoms with Crippen molar-refractivity contribution in [3.05, 3.63) is 0 Å². The summed E-state index contributed by atoms with van der Waals surface area (Å²) in [5, 5.41) is 56.9. The minimum atomic E-state index is -1.73. The molecule has 0 aromatic heterocycles. The Morgan fingerprint density at radius 1 is 1.11 bits per heavy atom. The third-order valence-corrected chi connectivity index (χ3v) is 2.74. The summed E-state index contributed by atoms with van der Waals surface area (Å²) in [7, 11) is 0. The van der Waals surface area contributed by atoms with Crippen molar-refractivity contribution in [2.45, 2.75) is 30.5 Å². The van der Waals surface area contributed by atoms with E-state index in [1.165, 1.54) is 0 Å². The van der Waals surface area contributed by atoms with Crippen LogP contribution in [0.4, 0.5) is 0 Å². The molecule has 0 aliphatic carbocycles. The van der Waals surface area contributed by atoms with Gasteiger partial charge in [0, 0.05) is 12.3 Å². The first-order valence-electron chi connectivity index (χ1n) is 5.25. The van der Waals surface area contributed by atoms with Crippen LogP contribution in [0.5, 0.6) is 0 Å². The molecule has 0 rings (SSSR count). The Hall–Kier alpha value is -0.420. The van der Waals surface area contributed by atoms with Gasteiger partial charge in [0.1, 0.15) is 24.4 Å². The molecular weight excluding hydrogens is 266 g/mol. The van der Waals surface area contributed by atoms with E-state index in [4.69, 9.17) is 15.3 Å². The van der Waals surface area contributed by atoms with Gasteiger partial charge < -0.3 is 36.0 Å². The first-order valence-corrected chi connectivity index (χ1v) is 5.88. The molecule has 0 radical (unpaired) electrons. The number of carbonyl (C=O) groups is 1. The van der Waals surface area contributed by atoms with E-state index in [-0.39, 0.29) is 12.3 Å². The van der Waals surface area contributed by atoms with Crippen LogP contribution in [0.2, 0.25) is 0 Å². The maximum atomic E-state index is 10.6. The molecule has 0 spiro atoms. The van der Waals surface area contributed by atoms with Gasteiger partial charge in [-0.25, -0.2) is 0 Å². The molecule has 9 heteroatoms. The second kappa shape index (κ2) is 8.64. The van der Waals surface area contributed by atoms with E-state index in [2.05, 4.69) is 17.9 Å². The summed E-state index contributed by atoms with van der Waals surface area (Å²) in [5.74, 6) is -1.18. The molecule has 0 fully saturated rings. The maximum absolute atomic E-state index is 10.6. The molecule has 8 nitrogen and oxygen atoms in total.